The topological polar surface area (TPSA) is 89.3 Å². The van der Waals surface area contributed by atoms with E-state index in [-0.39, 0.29) is 24.0 Å². The van der Waals surface area contributed by atoms with Crippen LogP contribution >= 0.6 is 0 Å². The molecule has 0 spiro atoms. The fourth-order valence-corrected chi connectivity index (χ4v) is 1.33. The Morgan fingerprint density at radius 2 is 2.24 bits per heavy atom. The maximum atomic E-state index is 13.4. The predicted molar refractivity (Wildman–Crippen MR) is 58.0 cm³/mol. The van der Waals surface area contributed by atoms with E-state index in [0.29, 0.717) is 5.56 Å². The van der Waals surface area contributed by atoms with Gasteiger partial charge in [0.1, 0.15) is 12.1 Å². The molecule has 3 N–H and O–H groups in total. The molecule has 0 saturated heterocycles. The molecule has 0 atom stereocenters. The van der Waals surface area contributed by atoms with Crippen LogP contribution in [0.3, 0.4) is 0 Å². The van der Waals surface area contributed by atoms with Gasteiger partial charge >= 0.3 is 0 Å². The Morgan fingerprint density at radius 3 is 2.94 bits per heavy atom. The first-order chi connectivity index (χ1) is 8.20. The zero-order chi connectivity index (χ0) is 12.3. The number of benzene rings is 1. The second kappa shape index (κ2) is 4.60. The Hall–Kier alpha value is -2.44. The van der Waals surface area contributed by atoms with Gasteiger partial charge in [-0.3, -0.25) is 0 Å². The van der Waals surface area contributed by atoms with Crippen molar-refractivity contribution >= 4 is 5.84 Å². The maximum absolute atomic E-state index is 13.4. The number of amidine groups is 1. The SMILES string of the molecule is N/C(=N/O)c1ncn(Cc2ccccc2F)n1. The Morgan fingerprint density at radius 1 is 1.47 bits per heavy atom. The third kappa shape index (κ3) is 2.39. The lowest BCUT2D eigenvalue weighted by Crippen LogP contribution is -2.15. The summed E-state index contributed by atoms with van der Waals surface area (Å²) >= 11 is 0. The Kier molecular flexibility index (Phi) is 2.99. The third-order valence-electron chi connectivity index (χ3n) is 2.16. The number of nitrogens with zero attached hydrogens (tertiary/aromatic N) is 4. The molecule has 7 heteroatoms. The number of nitrogens with two attached hydrogens (primary N) is 1. The summed E-state index contributed by atoms with van der Waals surface area (Å²) in [7, 11) is 0. The van der Waals surface area contributed by atoms with Gasteiger partial charge in [0.15, 0.2) is 0 Å². The molecule has 0 bridgehead atoms. The molecule has 0 fully saturated rings. The van der Waals surface area contributed by atoms with Crippen LogP contribution in [0.5, 0.6) is 0 Å². The molecule has 0 amide bonds. The summed E-state index contributed by atoms with van der Waals surface area (Å²) in [5, 5.41) is 15.2. The van der Waals surface area contributed by atoms with Crippen molar-refractivity contribution in [3.63, 3.8) is 0 Å². The normalized spacial score (nSPS) is 11.7. The number of oxime groups is 1. The van der Waals surface area contributed by atoms with E-state index < -0.39 is 0 Å². The van der Waals surface area contributed by atoms with Crippen molar-refractivity contribution < 1.29 is 9.60 Å². The van der Waals surface area contributed by atoms with Gasteiger partial charge in [-0.25, -0.2) is 14.1 Å². The molecular weight excluding hydrogens is 225 g/mol. The molecule has 0 radical (unpaired) electrons. The van der Waals surface area contributed by atoms with E-state index in [0.717, 1.165) is 0 Å². The van der Waals surface area contributed by atoms with Gasteiger partial charge in [0.05, 0.1) is 6.54 Å². The summed E-state index contributed by atoms with van der Waals surface area (Å²) < 4.78 is 14.8. The molecule has 1 heterocycles. The second-order valence-electron chi connectivity index (χ2n) is 3.34. The van der Waals surface area contributed by atoms with Crippen LogP contribution in [0.1, 0.15) is 11.4 Å². The van der Waals surface area contributed by atoms with Gasteiger partial charge < -0.3 is 10.9 Å². The van der Waals surface area contributed by atoms with Gasteiger partial charge in [0, 0.05) is 5.56 Å². The minimum Gasteiger partial charge on any atom is -0.409 e. The molecule has 2 rings (SSSR count). The molecule has 0 unspecified atom stereocenters. The molecule has 1 aromatic carbocycles. The van der Waals surface area contributed by atoms with Crippen LogP contribution in [-0.4, -0.2) is 25.8 Å². The number of aromatic nitrogens is 3. The molecule has 1 aromatic heterocycles. The Bertz CT molecular complexity index is 551. The summed E-state index contributed by atoms with van der Waals surface area (Å²) in [5.41, 5.74) is 5.81. The van der Waals surface area contributed by atoms with Crippen LogP contribution in [0.25, 0.3) is 0 Å². The molecule has 0 saturated carbocycles. The van der Waals surface area contributed by atoms with E-state index in [1.807, 2.05) is 0 Å². The fourth-order valence-electron chi connectivity index (χ4n) is 1.33. The molecule has 2 aromatic rings. The van der Waals surface area contributed by atoms with Gasteiger partial charge in [-0.15, -0.1) is 5.10 Å². The molecule has 0 aliphatic rings. The quantitative estimate of drug-likeness (QED) is 0.352. The first kappa shape index (κ1) is 11.1. The molecule has 6 nitrogen and oxygen atoms in total. The zero-order valence-electron chi connectivity index (χ0n) is 8.79. The van der Waals surface area contributed by atoms with Crippen molar-refractivity contribution in [1.29, 1.82) is 0 Å². The van der Waals surface area contributed by atoms with Crippen molar-refractivity contribution in [1.82, 2.24) is 14.8 Å². The average Bonchev–Trinajstić information content (AvgIpc) is 2.80. The molecular formula is C10H10FN5O. The maximum Gasteiger partial charge on any atom is 0.219 e. The monoisotopic (exact) mass is 235 g/mol. The number of rotatable bonds is 3. The minimum atomic E-state index is -0.312. The summed E-state index contributed by atoms with van der Waals surface area (Å²) in [6, 6.07) is 6.37. The summed E-state index contributed by atoms with van der Waals surface area (Å²) in [6.45, 7) is 0.235. The highest BCUT2D eigenvalue weighted by molar-refractivity contribution is 5.93. The van der Waals surface area contributed by atoms with Crippen molar-refractivity contribution in [2.75, 3.05) is 0 Å². The van der Waals surface area contributed by atoms with E-state index in [1.54, 1.807) is 18.2 Å². The van der Waals surface area contributed by atoms with E-state index in [1.165, 1.54) is 17.1 Å². The Labute approximate surface area is 96.2 Å². The van der Waals surface area contributed by atoms with Crippen molar-refractivity contribution in [3.8, 4) is 0 Å². The smallest absolute Gasteiger partial charge is 0.219 e. The van der Waals surface area contributed by atoms with Crippen LogP contribution in [0.2, 0.25) is 0 Å². The van der Waals surface area contributed by atoms with Crippen molar-refractivity contribution in [3.05, 3.63) is 47.8 Å². The third-order valence-corrected chi connectivity index (χ3v) is 2.16. The predicted octanol–water partition coefficient (Wildman–Crippen LogP) is 0.560. The van der Waals surface area contributed by atoms with Crippen molar-refractivity contribution in [2.45, 2.75) is 6.54 Å². The summed E-state index contributed by atoms with van der Waals surface area (Å²) in [4.78, 5) is 3.83. The van der Waals surface area contributed by atoms with E-state index in [9.17, 15) is 4.39 Å². The Balaban J connectivity index is 2.20. The molecule has 0 aliphatic carbocycles. The highest BCUT2D eigenvalue weighted by atomic mass is 19.1. The first-order valence-electron chi connectivity index (χ1n) is 4.81. The highest BCUT2D eigenvalue weighted by Crippen LogP contribution is 2.07. The first-order valence-corrected chi connectivity index (χ1v) is 4.81. The lowest BCUT2D eigenvalue weighted by molar-refractivity contribution is 0.318. The fraction of sp³-hybridized carbons (Fsp3) is 0.100. The average molecular weight is 235 g/mol. The van der Waals surface area contributed by atoms with Gasteiger partial charge in [0.25, 0.3) is 0 Å². The lowest BCUT2D eigenvalue weighted by Gasteiger charge is -2.01. The zero-order valence-corrected chi connectivity index (χ0v) is 8.79. The van der Waals surface area contributed by atoms with Crippen LogP contribution in [0.4, 0.5) is 4.39 Å². The van der Waals surface area contributed by atoms with Crippen LogP contribution < -0.4 is 5.73 Å². The van der Waals surface area contributed by atoms with E-state index in [4.69, 9.17) is 10.9 Å². The van der Waals surface area contributed by atoms with Crippen LogP contribution in [0, 0.1) is 5.82 Å². The minimum absolute atomic E-state index is 0.101. The van der Waals surface area contributed by atoms with Crippen molar-refractivity contribution in [2.24, 2.45) is 10.9 Å². The standard InChI is InChI=1S/C10H10FN5O/c11-8-4-2-1-3-7(8)5-16-6-13-10(14-16)9(12)15-17/h1-4,6,17H,5H2,(H2,12,15). The number of hydrogen-bond acceptors (Lipinski definition) is 4. The second-order valence-corrected chi connectivity index (χ2v) is 3.34. The summed E-state index contributed by atoms with van der Waals surface area (Å²) in [5.74, 6) is -0.394. The van der Waals surface area contributed by atoms with Gasteiger partial charge in [-0.1, -0.05) is 23.4 Å². The van der Waals surface area contributed by atoms with E-state index >= 15 is 0 Å². The summed E-state index contributed by atoms with van der Waals surface area (Å²) in [6.07, 6.45) is 1.39. The lowest BCUT2D eigenvalue weighted by atomic mass is 10.2. The van der Waals surface area contributed by atoms with Crippen LogP contribution in [0.15, 0.2) is 35.7 Å². The highest BCUT2D eigenvalue weighted by Gasteiger charge is 2.07. The molecule has 88 valence electrons. The molecule has 17 heavy (non-hydrogen) atoms. The van der Waals surface area contributed by atoms with E-state index in [2.05, 4.69) is 15.2 Å². The van der Waals surface area contributed by atoms with Gasteiger partial charge in [-0.2, -0.15) is 0 Å². The van der Waals surface area contributed by atoms with Gasteiger partial charge in [-0.05, 0) is 6.07 Å². The largest absolute Gasteiger partial charge is 0.409 e. The number of hydrogen-bond donors (Lipinski definition) is 2. The number of halogens is 1. The van der Waals surface area contributed by atoms with Crippen LogP contribution in [-0.2, 0) is 6.54 Å². The van der Waals surface area contributed by atoms with Gasteiger partial charge in [0.2, 0.25) is 11.7 Å². The molecule has 0 aliphatic heterocycles.